The van der Waals surface area contributed by atoms with E-state index in [1.165, 1.54) is 17.8 Å². The van der Waals surface area contributed by atoms with Gasteiger partial charge in [-0.25, -0.2) is 28.2 Å². The second-order valence-corrected chi connectivity index (χ2v) is 7.68. The van der Waals surface area contributed by atoms with Gasteiger partial charge < -0.3 is 20.5 Å². The maximum absolute atomic E-state index is 14.6. The Kier molecular flexibility index (Phi) is 5.24. The third-order valence-electron chi connectivity index (χ3n) is 4.96. The molecule has 1 aliphatic heterocycles. The Morgan fingerprint density at radius 1 is 1.33 bits per heavy atom. The van der Waals surface area contributed by atoms with Crippen LogP contribution in [0.1, 0.15) is 26.0 Å². The molecule has 0 amide bonds. The molecule has 0 radical (unpaired) electrons. The first-order chi connectivity index (χ1) is 14.3. The first-order valence-electron chi connectivity index (χ1n) is 9.58. The van der Waals surface area contributed by atoms with E-state index < -0.39 is 23.6 Å². The van der Waals surface area contributed by atoms with Crippen molar-refractivity contribution >= 4 is 11.6 Å². The highest BCUT2D eigenvalue weighted by Crippen LogP contribution is 2.30. The lowest BCUT2D eigenvalue weighted by atomic mass is 10.0. The van der Waals surface area contributed by atoms with Crippen molar-refractivity contribution in [3.63, 3.8) is 0 Å². The molecule has 3 aromatic rings. The molecular formula is C19H23F2N7O2. The van der Waals surface area contributed by atoms with Gasteiger partial charge in [-0.05, 0) is 26.8 Å². The van der Waals surface area contributed by atoms with Crippen LogP contribution in [0.3, 0.4) is 0 Å². The molecule has 160 valence electrons. The van der Waals surface area contributed by atoms with Crippen LogP contribution in [0.5, 0.6) is 5.75 Å². The molecule has 2 unspecified atom stereocenters. The fourth-order valence-electron chi connectivity index (χ4n) is 3.39. The third-order valence-corrected chi connectivity index (χ3v) is 4.96. The molecule has 11 heteroatoms. The molecule has 4 heterocycles. The van der Waals surface area contributed by atoms with E-state index in [0.717, 1.165) is 6.20 Å². The normalized spacial score (nSPS) is 19.8. The summed E-state index contributed by atoms with van der Waals surface area (Å²) in [5, 5.41) is 20.9. The number of aromatic nitrogens is 5. The van der Waals surface area contributed by atoms with Crippen LogP contribution in [-0.4, -0.2) is 62.1 Å². The number of piperidine rings is 1. The van der Waals surface area contributed by atoms with Gasteiger partial charge >= 0.3 is 0 Å². The Morgan fingerprint density at radius 2 is 2.13 bits per heavy atom. The van der Waals surface area contributed by atoms with E-state index >= 15 is 0 Å². The average molecular weight is 419 g/mol. The molecule has 4 rings (SSSR count). The molecule has 3 N–H and O–H groups in total. The number of anilines is 1. The number of methoxy groups -OCH3 is 1. The maximum Gasteiger partial charge on any atom is 0.223 e. The van der Waals surface area contributed by atoms with Crippen molar-refractivity contribution in [3.05, 3.63) is 30.0 Å². The van der Waals surface area contributed by atoms with Crippen LogP contribution in [0.15, 0.2) is 18.5 Å². The Balaban J connectivity index is 1.76. The van der Waals surface area contributed by atoms with Gasteiger partial charge in [-0.1, -0.05) is 0 Å². The van der Waals surface area contributed by atoms with Gasteiger partial charge in [0, 0.05) is 12.6 Å². The molecule has 0 aliphatic carbocycles. The minimum absolute atomic E-state index is 0.0430. The number of aliphatic hydroxyl groups is 1. The van der Waals surface area contributed by atoms with Gasteiger partial charge in [-0.2, -0.15) is 5.10 Å². The Hall–Kier alpha value is -2.92. The predicted molar refractivity (Wildman–Crippen MR) is 106 cm³/mol. The average Bonchev–Trinajstić information content (AvgIpc) is 3.12. The van der Waals surface area contributed by atoms with Gasteiger partial charge in [0.1, 0.15) is 34.6 Å². The van der Waals surface area contributed by atoms with Crippen LogP contribution < -0.4 is 15.4 Å². The number of nitrogens with zero attached hydrogens (tertiary/aromatic N) is 5. The van der Waals surface area contributed by atoms with Crippen LogP contribution in [0.4, 0.5) is 14.7 Å². The molecule has 0 aromatic carbocycles. The number of halogens is 2. The molecule has 9 nitrogen and oxygen atoms in total. The number of nitrogens with one attached hydrogen (secondary N) is 2. The molecule has 2 atom stereocenters. The number of fused-ring (bicyclic) bond motifs is 1. The second-order valence-electron chi connectivity index (χ2n) is 7.68. The largest absolute Gasteiger partial charge is 0.495 e. The summed E-state index contributed by atoms with van der Waals surface area (Å²) in [4.78, 5) is 12.4. The SMILES string of the molecule is COc1cc2ncc(-c3nc(NC4CNCCC4F)ncc3F)n2nc1C(C)(C)O. The topological polar surface area (TPSA) is 109 Å². The predicted octanol–water partition coefficient (Wildman–Crippen LogP) is 1.67. The van der Waals surface area contributed by atoms with Crippen molar-refractivity contribution in [3.8, 4) is 17.1 Å². The van der Waals surface area contributed by atoms with Crippen molar-refractivity contribution in [1.29, 1.82) is 0 Å². The van der Waals surface area contributed by atoms with Gasteiger partial charge in [0.25, 0.3) is 0 Å². The molecule has 1 aliphatic rings. The summed E-state index contributed by atoms with van der Waals surface area (Å²) < 4.78 is 35.4. The zero-order valence-corrected chi connectivity index (χ0v) is 16.9. The molecule has 3 aromatic heterocycles. The minimum Gasteiger partial charge on any atom is -0.495 e. The molecular weight excluding hydrogens is 396 g/mol. The van der Waals surface area contributed by atoms with Crippen LogP contribution in [0.25, 0.3) is 17.0 Å². The lowest BCUT2D eigenvalue weighted by Gasteiger charge is -2.27. The quantitative estimate of drug-likeness (QED) is 0.573. The van der Waals surface area contributed by atoms with Crippen molar-refractivity contribution in [1.82, 2.24) is 29.9 Å². The Bertz CT molecular complexity index is 1070. The smallest absolute Gasteiger partial charge is 0.223 e. The van der Waals surface area contributed by atoms with Crippen molar-refractivity contribution in [2.75, 3.05) is 25.5 Å². The monoisotopic (exact) mass is 419 g/mol. The summed E-state index contributed by atoms with van der Waals surface area (Å²) in [6.07, 6.45) is 1.77. The molecule has 30 heavy (non-hydrogen) atoms. The highest BCUT2D eigenvalue weighted by molar-refractivity contribution is 5.62. The van der Waals surface area contributed by atoms with Gasteiger partial charge in [0.05, 0.1) is 25.5 Å². The molecule has 1 fully saturated rings. The van der Waals surface area contributed by atoms with Gasteiger partial charge in [-0.15, -0.1) is 0 Å². The lowest BCUT2D eigenvalue weighted by molar-refractivity contribution is 0.0694. The number of hydrogen-bond acceptors (Lipinski definition) is 8. The van der Waals surface area contributed by atoms with Gasteiger partial charge in [0.2, 0.25) is 5.95 Å². The van der Waals surface area contributed by atoms with Crippen LogP contribution in [0.2, 0.25) is 0 Å². The second kappa shape index (κ2) is 7.73. The molecule has 0 bridgehead atoms. The third kappa shape index (κ3) is 3.77. The summed E-state index contributed by atoms with van der Waals surface area (Å²) in [7, 11) is 1.47. The number of rotatable bonds is 5. The van der Waals surface area contributed by atoms with Crippen molar-refractivity contribution in [2.45, 2.75) is 38.1 Å². The summed E-state index contributed by atoms with van der Waals surface area (Å²) in [5.41, 5.74) is -0.429. The fraction of sp³-hybridized carbons (Fsp3) is 0.474. The van der Waals surface area contributed by atoms with E-state index in [9.17, 15) is 13.9 Å². The summed E-state index contributed by atoms with van der Waals surface area (Å²) in [6, 6.07) is 1.09. The van der Waals surface area contributed by atoms with E-state index in [2.05, 4.69) is 30.7 Å². The number of imidazole rings is 1. The number of hydrogen-bond donors (Lipinski definition) is 3. The molecule has 0 spiro atoms. The van der Waals surface area contributed by atoms with Crippen molar-refractivity contribution in [2.24, 2.45) is 0 Å². The lowest BCUT2D eigenvalue weighted by Crippen LogP contribution is -2.46. The van der Waals surface area contributed by atoms with E-state index in [1.807, 2.05) is 0 Å². The summed E-state index contributed by atoms with van der Waals surface area (Å²) in [6.45, 7) is 4.16. The first-order valence-corrected chi connectivity index (χ1v) is 9.58. The highest BCUT2D eigenvalue weighted by Gasteiger charge is 2.27. The standard InChI is InChI=1S/C19H23F2N7O2/c1-19(2,29)17-14(30-3)6-15-23-9-13(28(15)27-17)16-11(21)7-24-18(26-16)25-12-8-22-5-4-10(12)20/h6-7,9-10,12,22,29H,4-5,8H2,1-3H3,(H,24,25,26). The first kappa shape index (κ1) is 20.4. The minimum atomic E-state index is -1.30. The highest BCUT2D eigenvalue weighted by atomic mass is 19.1. The fourth-order valence-corrected chi connectivity index (χ4v) is 3.39. The number of alkyl halides is 1. The van der Waals surface area contributed by atoms with Gasteiger partial charge in [-0.3, -0.25) is 0 Å². The molecule has 0 saturated carbocycles. The van der Waals surface area contributed by atoms with E-state index in [4.69, 9.17) is 4.74 Å². The van der Waals surface area contributed by atoms with E-state index in [0.29, 0.717) is 30.9 Å². The van der Waals surface area contributed by atoms with Crippen molar-refractivity contribution < 1.29 is 18.6 Å². The van der Waals surface area contributed by atoms with Crippen LogP contribution >= 0.6 is 0 Å². The van der Waals surface area contributed by atoms with E-state index in [-0.39, 0.29) is 23.0 Å². The summed E-state index contributed by atoms with van der Waals surface area (Å²) >= 11 is 0. The molecule has 1 saturated heterocycles. The summed E-state index contributed by atoms with van der Waals surface area (Å²) in [5.74, 6) is -0.214. The number of ether oxygens (including phenoxy) is 1. The zero-order chi connectivity index (χ0) is 21.5. The van der Waals surface area contributed by atoms with Crippen LogP contribution in [0, 0.1) is 5.82 Å². The maximum atomic E-state index is 14.6. The Morgan fingerprint density at radius 3 is 2.83 bits per heavy atom. The Labute approximate surface area is 171 Å². The zero-order valence-electron chi connectivity index (χ0n) is 16.9. The van der Waals surface area contributed by atoms with Crippen LogP contribution in [-0.2, 0) is 5.60 Å². The van der Waals surface area contributed by atoms with E-state index in [1.54, 1.807) is 19.9 Å². The van der Waals surface area contributed by atoms with Gasteiger partial charge in [0.15, 0.2) is 11.5 Å².